The fourth-order valence-corrected chi connectivity index (χ4v) is 3.96. The fraction of sp³-hybridized carbons (Fsp3) is 0.296. The number of aryl methyl sites for hydroxylation is 2. The molecule has 0 amide bonds. The maximum atomic E-state index is 5.97. The normalized spacial score (nSPS) is 14.3. The molecule has 1 fully saturated rings. The van der Waals surface area contributed by atoms with Crippen molar-refractivity contribution in [3.63, 3.8) is 0 Å². The Balaban J connectivity index is 1.18. The van der Waals surface area contributed by atoms with Crippen molar-refractivity contribution in [1.29, 1.82) is 0 Å². The van der Waals surface area contributed by atoms with Gasteiger partial charge in [0, 0.05) is 5.56 Å². The third-order valence-corrected chi connectivity index (χ3v) is 5.78. The number of fused-ring (bicyclic) bond motifs is 1. The summed E-state index contributed by atoms with van der Waals surface area (Å²) in [5.41, 5.74) is 3.07. The SMILES string of the molecule is Cc1oc(-c2ccc3ccccc3c2)nc1COc1ccc(CCCC2OCCO2)cc1. The molecule has 1 aliphatic rings. The third-order valence-electron chi connectivity index (χ3n) is 5.78. The molecule has 5 nitrogen and oxygen atoms in total. The van der Waals surface area contributed by atoms with Crippen LogP contribution in [0, 0.1) is 6.92 Å². The molecule has 32 heavy (non-hydrogen) atoms. The van der Waals surface area contributed by atoms with E-state index in [0.717, 1.165) is 42.0 Å². The van der Waals surface area contributed by atoms with Gasteiger partial charge in [-0.1, -0.05) is 42.5 Å². The molecule has 5 rings (SSSR count). The molecule has 3 aromatic carbocycles. The van der Waals surface area contributed by atoms with Gasteiger partial charge in [-0.05, 0) is 66.8 Å². The van der Waals surface area contributed by atoms with Gasteiger partial charge in [-0.3, -0.25) is 0 Å². The number of rotatable bonds is 8. The molecule has 4 aromatic rings. The molecule has 5 heteroatoms. The second-order valence-electron chi connectivity index (χ2n) is 8.08. The Kier molecular flexibility index (Phi) is 6.19. The van der Waals surface area contributed by atoms with E-state index in [9.17, 15) is 0 Å². The van der Waals surface area contributed by atoms with Gasteiger partial charge in [0.05, 0.1) is 13.2 Å². The van der Waals surface area contributed by atoms with Crippen molar-refractivity contribution in [2.24, 2.45) is 0 Å². The summed E-state index contributed by atoms with van der Waals surface area (Å²) in [6.07, 6.45) is 2.95. The highest BCUT2D eigenvalue weighted by atomic mass is 16.7. The number of ether oxygens (including phenoxy) is 3. The molecule has 0 bridgehead atoms. The lowest BCUT2D eigenvalue weighted by molar-refractivity contribution is -0.0475. The molecule has 1 aliphatic heterocycles. The maximum absolute atomic E-state index is 5.97. The van der Waals surface area contributed by atoms with Crippen molar-refractivity contribution in [3.05, 3.63) is 83.7 Å². The van der Waals surface area contributed by atoms with Crippen LogP contribution in [0.3, 0.4) is 0 Å². The van der Waals surface area contributed by atoms with E-state index in [0.29, 0.717) is 25.7 Å². The number of oxazole rings is 1. The quantitative estimate of drug-likeness (QED) is 0.340. The maximum Gasteiger partial charge on any atom is 0.226 e. The van der Waals surface area contributed by atoms with Crippen LogP contribution in [0.5, 0.6) is 5.75 Å². The number of hydrogen-bond acceptors (Lipinski definition) is 5. The first-order chi connectivity index (χ1) is 15.7. The number of aromatic nitrogens is 1. The van der Waals surface area contributed by atoms with Crippen LogP contribution in [0.2, 0.25) is 0 Å². The summed E-state index contributed by atoms with van der Waals surface area (Å²) in [6, 6.07) is 22.8. The Morgan fingerprint density at radius 1 is 0.938 bits per heavy atom. The van der Waals surface area contributed by atoms with E-state index in [2.05, 4.69) is 41.4 Å². The molecule has 0 saturated carbocycles. The first kappa shape index (κ1) is 20.7. The van der Waals surface area contributed by atoms with Gasteiger partial charge in [0.2, 0.25) is 5.89 Å². The second kappa shape index (κ2) is 9.55. The van der Waals surface area contributed by atoms with E-state index in [-0.39, 0.29) is 6.29 Å². The van der Waals surface area contributed by atoms with Crippen molar-refractivity contribution in [3.8, 4) is 17.2 Å². The van der Waals surface area contributed by atoms with Crippen LogP contribution in [0.25, 0.3) is 22.2 Å². The van der Waals surface area contributed by atoms with Crippen molar-refractivity contribution in [2.45, 2.75) is 39.1 Å². The zero-order valence-corrected chi connectivity index (χ0v) is 18.3. The molecule has 164 valence electrons. The molecule has 1 aromatic heterocycles. The highest BCUT2D eigenvalue weighted by Gasteiger charge is 2.15. The van der Waals surface area contributed by atoms with Crippen LogP contribution in [-0.2, 0) is 22.5 Å². The van der Waals surface area contributed by atoms with Crippen molar-refractivity contribution in [1.82, 2.24) is 4.98 Å². The Hall–Kier alpha value is -3.15. The van der Waals surface area contributed by atoms with Gasteiger partial charge in [-0.2, -0.15) is 0 Å². The van der Waals surface area contributed by atoms with Gasteiger partial charge in [0.25, 0.3) is 0 Å². The average Bonchev–Trinajstić information content (AvgIpc) is 3.48. The van der Waals surface area contributed by atoms with Crippen LogP contribution in [0.15, 0.2) is 71.1 Å². The minimum atomic E-state index is -0.0252. The lowest BCUT2D eigenvalue weighted by Gasteiger charge is -2.09. The van der Waals surface area contributed by atoms with E-state index in [1.807, 2.05) is 37.3 Å². The molecular formula is C27H27NO4. The van der Waals surface area contributed by atoms with Gasteiger partial charge in [-0.25, -0.2) is 4.98 Å². The monoisotopic (exact) mass is 429 g/mol. The lowest BCUT2D eigenvalue weighted by Crippen LogP contribution is -2.07. The molecule has 0 unspecified atom stereocenters. The number of hydrogen-bond donors (Lipinski definition) is 0. The van der Waals surface area contributed by atoms with E-state index < -0.39 is 0 Å². The van der Waals surface area contributed by atoms with Crippen LogP contribution in [0.1, 0.15) is 29.9 Å². The van der Waals surface area contributed by atoms with Crippen molar-refractivity contribution in [2.75, 3.05) is 13.2 Å². The van der Waals surface area contributed by atoms with E-state index in [1.165, 1.54) is 16.3 Å². The molecular weight excluding hydrogens is 402 g/mol. The van der Waals surface area contributed by atoms with Crippen LogP contribution in [-0.4, -0.2) is 24.5 Å². The molecule has 0 aliphatic carbocycles. The zero-order valence-electron chi connectivity index (χ0n) is 18.3. The number of benzene rings is 3. The van der Waals surface area contributed by atoms with E-state index in [1.54, 1.807) is 0 Å². The van der Waals surface area contributed by atoms with Gasteiger partial charge in [0.15, 0.2) is 6.29 Å². The van der Waals surface area contributed by atoms with Crippen LogP contribution >= 0.6 is 0 Å². The molecule has 0 N–H and O–H groups in total. The summed E-state index contributed by atoms with van der Waals surface area (Å²) >= 11 is 0. The summed E-state index contributed by atoms with van der Waals surface area (Å²) in [5, 5.41) is 2.37. The summed E-state index contributed by atoms with van der Waals surface area (Å²) in [4.78, 5) is 4.68. The predicted molar refractivity (Wildman–Crippen MR) is 124 cm³/mol. The highest BCUT2D eigenvalue weighted by Crippen LogP contribution is 2.26. The lowest BCUT2D eigenvalue weighted by atomic mass is 10.1. The summed E-state index contributed by atoms with van der Waals surface area (Å²) in [6.45, 7) is 3.73. The minimum Gasteiger partial charge on any atom is -0.487 e. The van der Waals surface area contributed by atoms with Gasteiger partial charge >= 0.3 is 0 Å². The third kappa shape index (κ3) is 4.85. The summed E-state index contributed by atoms with van der Waals surface area (Å²) in [7, 11) is 0. The predicted octanol–water partition coefficient (Wildman–Crippen LogP) is 6.08. The van der Waals surface area contributed by atoms with Gasteiger partial charge in [-0.15, -0.1) is 0 Å². The molecule has 0 atom stereocenters. The first-order valence-electron chi connectivity index (χ1n) is 11.1. The van der Waals surface area contributed by atoms with Gasteiger partial charge in [0.1, 0.15) is 23.8 Å². The smallest absolute Gasteiger partial charge is 0.226 e. The Labute approximate surface area is 187 Å². The molecule has 0 radical (unpaired) electrons. The van der Waals surface area contributed by atoms with E-state index in [4.69, 9.17) is 18.6 Å². The fourth-order valence-electron chi connectivity index (χ4n) is 3.96. The van der Waals surface area contributed by atoms with Crippen LogP contribution < -0.4 is 4.74 Å². The largest absolute Gasteiger partial charge is 0.487 e. The second-order valence-corrected chi connectivity index (χ2v) is 8.08. The minimum absolute atomic E-state index is 0.0252. The highest BCUT2D eigenvalue weighted by molar-refractivity contribution is 5.86. The summed E-state index contributed by atoms with van der Waals surface area (Å²) in [5.74, 6) is 2.23. The Morgan fingerprint density at radius 3 is 2.53 bits per heavy atom. The molecule has 0 spiro atoms. The molecule has 2 heterocycles. The average molecular weight is 430 g/mol. The topological polar surface area (TPSA) is 53.7 Å². The van der Waals surface area contributed by atoms with Crippen molar-refractivity contribution >= 4 is 10.8 Å². The first-order valence-corrected chi connectivity index (χ1v) is 11.1. The van der Waals surface area contributed by atoms with Gasteiger partial charge < -0.3 is 18.6 Å². The Bertz CT molecular complexity index is 1180. The van der Waals surface area contributed by atoms with Crippen LogP contribution in [0.4, 0.5) is 0 Å². The Morgan fingerprint density at radius 2 is 1.72 bits per heavy atom. The molecule has 1 saturated heterocycles. The summed E-state index contributed by atoms with van der Waals surface area (Å²) < 4.78 is 22.9. The standard InChI is InChI=1S/C27H27NO4/c1-19-25(28-27(32-19)23-12-11-21-6-2-3-7-22(21)17-23)18-31-24-13-9-20(10-14-24)5-4-8-26-29-15-16-30-26/h2-3,6-7,9-14,17,26H,4-5,8,15-16,18H2,1H3. The van der Waals surface area contributed by atoms with Crippen molar-refractivity contribution < 1.29 is 18.6 Å². The zero-order chi connectivity index (χ0) is 21.8. The number of nitrogens with zero attached hydrogens (tertiary/aromatic N) is 1. The van der Waals surface area contributed by atoms with E-state index >= 15 is 0 Å².